The van der Waals surface area contributed by atoms with Crippen molar-refractivity contribution >= 4 is 69.1 Å². The van der Waals surface area contributed by atoms with Crippen LogP contribution in [0.2, 0.25) is 15.1 Å². The van der Waals surface area contributed by atoms with Crippen molar-refractivity contribution in [2.24, 2.45) is 0 Å². The molecule has 3 N–H and O–H groups in total. The quantitative estimate of drug-likeness (QED) is 0.495. The van der Waals surface area contributed by atoms with Crippen LogP contribution in [0, 0.1) is 0 Å². The summed E-state index contributed by atoms with van der Waals surface area (Å²) in [6.45, 7) is 3.46. The lowest BCUT2D eigenvalue weighted by atomic mass is 10.2. The molecular weight excluding hydrogens is 451 g/mol. The van der Waals surface area contributed by atoms with E-state index in [2.05, 4.69) is 16.1 Å². The summed E-state index contributed by atoms with van der Waals surface area (Å²) in [5, 5.41) is 6.93. The van der Waals surface area contributed by atoms with Gasteiger partial charge in [0.05, 0.1) is 5.52 Å². The van der Waals surface area contributed by atoms with Crippen LogP contribution in [0.15, 0.2) is 42.5 Å². The number of amides is 3. The standard InChI is InChI=1S/C20H17Cl3N4O3/c1-10(2)24-19(29)20(30)26-27-16-4-3-12(21)5-11(16)6-17(27)18(28)25-15-8-13(22)7-14(23)9-15/h3-10H,1-2H3,(H,24,29)(H,25,28)(H,26,30). The Morgan fingerprint density at radius 3 is 2.17 bits per heavy atom. The molecule has 0 aliphatic rings. The van der Waals surface area contributed by atoms with Gasteiger partial charge in [-0.1, -0.05) is 34.8 Å². The van der Waals surface area contributed by atoms with Crippen LogP contribution in [-0.4, -0.2) is 28.4 Å². The number of carbonyl (C=O) groups is 3. The number of nitrogens with zero attached hydrogens (tertiary/aromatic N) is 1. The molecule has 3 amide bonds. The molecule has 2 aromatic carbocycles. The number of anilines is 1. The van der Waals surface area contributed by atoms with Gasteiger partial charge in [-0.25, -0.2) is 4.68 Å². The minimum absolute atomic E-state index is 0.0778. The van der Waals surface area contributed by atoms with Crippen molar-refractivity contribution in [3.05, 3.63) is 63.2 Å². The molecule has 0 aliphatic carbocycles. The molecule has 10 heteroatoms. The number of hydrogen-bond acceptors (Lipinski definition) is 3. The summed E-state index contributed by atoms with van der Waals surface area (Å²) >= 11 is 18.0. The fraction of sp³-hybridized carbons (Fsp3) is 0.150. The molecule has 3 rings (SSSR count). The summed E-state index contributed by atoms with van der Waals surface area (Å²) < 4.78 is 1.23. The van der Waals surface area contributed by atoms with Crippen LogP contribution in [0.5, 0.6) is 0 Å². The van der Waals surface area contributed by atoms with Crippen LogP contribution in [-0.2, 0) is 9.59 Å². The van der Waals surface area contributed by atoms with Gasteiger partial charge in [0.1, 0.15) is 5.69 Å². The van der Waals surface area contributed by atoms with Crippen LogP contribution in [0.25, 0.3) is 10.9 Å². The molecule has 1 heterocycles. The second-order valence-electron chi connectivity index (χ2n) is 6.75. The van der Waals surface area contributed by atoms with Gasteiger partial charge in [0.2, 0.25) is 0 Å². The van der Waals surface area contributed by atoms with Gasteiger partial charge in [-0.05, 0) is 56.3 Å². The second-order valence-corrected chi connectivity index (χ2v) is 8.06. The van der Waals surface area contributed by atoms with Crippen molar-refractivity contribution < 1.29 is 14.4 Å². The fourth-order valence-corrected chi connectivity index (χ4v) is 3.48. The van der Waals surface area contributed by atoms with Gasteiger partial charge in [-0.15, -0.1) is 0 Å². The molecule has 0 spiro atoms. The summed E-state index contributed by atoms with van der Waals surface area (Å²) in [5.74, 6) is -2.30. The molecule has 7 nitrogen and oxygen atoms in total. The molecular formula is C20H17Cl3N4O3. The lowest BCUT2D eigenvalue weighted by Gasteiger charge is -2.14. The van der Waals surface area contributed by atoms with Gasteiger partial charge < -0.3 is 10.6 Å². The summed E-state index contributed by atoms with van der Waals surface area (Å²) in [5.41, 5.74) is 3.39. The molecule has 0 saturated heterocycles. The Bertz CT molecular complexity index is 1140. The van der Waals surface area contributed by atoms with E-state index in [1.807, 2.05) is 0 Å². The monoisotopic (exact) mass is 466 g/mol. The number of rotatable bonds is 4. The Morgan fingerprint density at radius 1 is 0.867 bits per heavy atom. The molecule has 0 bridgehead atoms. The van der Waals surface area contributed by atoms with Crippen LogP contribution >= 0.6 is 34.8 Å². The van der Waals surface area contributed by atoms with Crippen molar-refractivity contribution in [2.75, 3.05) is 10.7 Å². The Balaban J connectivity index is 1.98. The van der Waals surface area contributed by atoms with Crippen molar-refractivity contribution in [1.82, 2.24) is 9.99 Å². The molecule has 0 aliphatic heterocycles. The number of carbonyl (C=O) groups excluding carboxylic acids is 3. The zero-order valence-corrected chi connectivity index (χ0v) is 18.2. The third-order valence-electron chi connectivity index (χ3n) is 3.96. The van der Waals surface area contributed by atoms with E-state index in [0.717, 1.165) is 0 Å². The van der Waals surface area contributed by atoms with Crippen LogP contribution in [0.4, 0.5) is 5.69 Å². The maximum absolute atomic E-state index is 12.9. The molecule has 1 aromatic heterocycles. The number of fused-ring (bicyclic) bond motifs is 1. The predicted octanol–water partition coefficient (Wildman–Crippen LogP) is 4.45. The SMILES string of the molecule is CC(C)NC(=O)C(=O)Nn1c(C(=O)Nc2cc(Cl)cc(Cl)c2)cc2cc(Cl)ccc21. The zero-order chi connectivity index (χ0) is 22.0. The van der Waals surface area contributed by atoms with E-state index in [1.54, 1.807) is 38.1 Å². The summed E-state index contributed by atoms with van der Waals surface area (Å²) in [4.78, 5) is 37.3. The Morgan fingerprint density at radius 2 is 1.53 bits per heavy atom. The first-order valence-corrected chi connectivity index (χ1v) is 9.97. The van der Waals surface area contributed by atoms with Crippen LogP contribution < -0.4 is 16.1 Å². The van der Waals surface area contributed by atoms with E-state index in [9.17, 15) is 14.4 Å². The number of benzene rings is 2. The average Bonchev–Trinajstić information content (AvgIpc) is 2.97. The molecule has 3 aromatic rings. The van der Waals surface area contributed by atoms with Crippen molar-refractivity contribution in [1.29, 1.82) is 0 Å². The third-order valence-corrected chi connectivity index (χ3v) is 4.63. The molecule has 0 saturated carbocycles. The summed E-state index contributed by atoms with van der Waals surface area (Å²) in [6.07, 6.45) is 0. The molecule has 0 unspecified atom stereocenters. The normalized spacial score (nSPS) is 10.9. The fourth-order valence-electron chi connectivity index (χ4n) is 2.77. The largest absolute Gasteiger partial charge is 0.346 e. The van der Waals surface area contributed by atoms with Gasteiger partial charge >= 0.3 is 11.8 Å². The maximum Gasteiger partial charge on any atom is 0.328 e. The number of halogens is 3. The number of aromatic nitrogens is 1. The third kappa shape index (κ3) is 5.05. The first-order valence-electron chi connectivity index (χ1n) is 8.84. The van der Waals surface area contributed by atoms with Gasteiger partial charge in [0, 0.05) is 32.2 Å². The van der Waals surface area contributed by atoms with Gasteiger partial charge in [-0.3, -0.25) is 19.8 Å². The van der Waals surface area contributed by atoms with Crippen LogP contribution in [0.1, 0.15) is 24.3 Å². The van der Waals surface area contributed by atoms with E-state index in [4.69, 9.17) is 34.8 Å². The van der Waals surface area contributed by atoms with E-state index in [-0.39, 0.29) is 11.7 Å². The first kappa shape index (κ1) is 22.0. The Hall–Kier alpha value is -2.74. The molecule has 156 valence electrons. The minimum Gasteiger partial charge on any atom is -0.346 e. The molecule has 0 atom stereocenters. The number of hydrogen-bond donors (Lipinski definition) is 3. The molecule has 30 heavy (non-hydrogen) atoms. The van der Waals surface area contributed by atoms with Gasteiger partial charge in [0.15, 0.2) is 0 Å². The summed E-state index contributed by atoms with van der Waals surface area (Å²) in [6, 6.07) is 10.8. The molecule has 0 radical (unpaired) electrons. The highest BCUT2D eigenvalue weighted by molar-refractivity contribution is 6.38. The minimum atomic E-state index is -0.920. The second kappa shape index (κ2) is 8.95. The van der Waals surface area contributed by atoms with E-state index in [1.165, 1.54) is 22.9 Å². The highest BCUT2D eigenvalue weighted by Gasteiger charge is 2.21. The lowest BCUT2D eigenvalue weighted by Crippen LogP contribution is -2.42. The van der Waals surface area contributed by atoms with Gasteiger partial charge in [0.25, 0.3) is 5.91 Å². The van der Waals surface area contributed by atoms with Gasteiger partial charge in [-0.2, -0.15) is 0 Å². The highest BCUT2D eigenvalue weighted by atomic mass is 35.5. The zero-order valence-electron chi connectivity index (χ0n) is 15.9. The number of nitrogens with one attached hydrogen (secondary N) is 3. The lowest BCUT2D eigenvalue weighted by molar-refractivity contribution is -0.137. The highest BCUT2D eigenvalue weighted by Crippen LogP contribution is 2.25. The summed E-state index contributed by atoms with van der Waals surface area (Å²) in [7, 11) is 0. The predicted molar refractivity (Wildman–Crippen MR) is 119 cm³/mol. The van der Waals surface area contributed by atoms with E-state index < -0.39 is 17.7 Å². The van der Waals surface area contributed by atoms with Crippen molar-refractivity contribution in [3.8, 4) is 0 Å². The Kier molecular flexibility index (Phi) is 6.55. The topological polar surface area (TPSA) is 92.2 Å². The average molecular weight is 468 g/mol. The van der Waals surface area contributed by atoms with E-state index >= 15 is 0 Å². The van der Waals surface area contributed by atoms with Crippen molar-refractivity contribution in [3.63, 3.8) is 0 Å². The first-order chi connectivity index (χ1) is 14.1. The van der Waals surface area contributed by atoms with Crippen molar-refractivity contribution in [2.45, 2.75) is 19.9 Å². The van der Waals surface area contributed by atoms with Crippen LogP contribution in [0.3, 0.4) is 0 Å². The van der Waals surface area contributed by atoms with E-state index in [0.29, 0.717) is 31.7 Å². The maximum atomic E-state index is 12.9. The molecule has 0 fully saturated rings. The Labute approximate surface area is 187 Å². The smallest absolute Gasteiger partial charge is 0.328 e.